The van der Waals surface area contributed by atoms with Gasteiger partial charge in [0.2, 0.25) is 0 Å². The fourth-order valence-electron chi connectivity index (χ4n) is 7.80. The van der Waals surface area contributed by atoms with Gasteiger partial charge in [-0.2, -0.15) is 0 Å². The molecule has 0 aromatic heterocycles. The van der Waals surface area contributed by atoms with Crippen molar-refractivity contribution in [1.29, 1.82) is 0 Å². The van der Waals surface area contributed by atoms with Crippen molar-refractivity contribution in [2.24, 2.45) is 28.6 Å². The molecule has 150 valence electrons. The highest BCUT2D eigenvalue weighted by Gasteiger charge is 2.76. The molecule has 26 heavy (non-hydrogen) atoms. The highest BCUT2D eigenvalue weighted by atomic mass is 16.4. The van der Waals surface area contributed by atoms with E-state index in [4.69, 9.17) is 0 Å². The second-order valence-electron chi connectivity index (χ2n) is 10.7. The molecule has 0 aromatic carbocycles. The molecule has 0 aromatic rings. The molecule has 0 amide bonds. The summed E-state index contributed by atoms with van der Waals surface area (Å²) in [6.45, 7) is 6.87. The first-order chi connectivity index (χ1) is 11.7. The molecule has 1 spiro atoms. The van der Waals surface area contributed by atoms with E-state index in [1.807, 2.05) is 0 Å². The van der Waals surface area contributed by atoms with E-state index in [1.165, 1.54) is 0 Å². The number of rotatable bonds is 0. The van der Waals surface area contributed by atoms with Gasteiger partial charge in [-0.15, -0.1) is 0 Å². The molecule has 4 aliphatic carbocycles. The summed E-state index contributed by atoms with van der Waals surface area (Å²) in [7, 11) is 0. The SMILES string of the molecule is CC1(C)[C@@H](O)CC2[C@](C)(O)[C@@H]3CC[C@@H]4[C@@H](O)[C@@]3(C[C@H](O)[C@@]21O)C[C@@]4(C)O. The molecule has 4 rings (SSSR count). The van der Waals surface area contributed by atoms with Crippen LogP contribution in [0.1, 0.15) is 59.8 Å². The number of aliphatic hydroxyl groups is 6. The van der Waals surface area contributed by atoms with Crippen molar-refractivity contribution in [2.45, 2.75) is 94.9 Å². The summed E-state index contributed by atoms with van der Waals surface area (Å²) in [5.74, 6) is -1.34. The first-order valence-corrected chi connectivity index (χ1v) is 9.94. The van der Waals surface area contributed by atoms with Gasteiger partial charge in [0, 0.05) is 22.7 Å². The molecule has 1 unspecified atom stereocenters. The maximum atomic E-state index is 11.7. The van der Waals surface area contributed by atoms with Gasteiger partial charge in [0.15, 0.2) is 0 Å². The van der Waals surface area contributed by atoms with Crippen LogP contribution in [0.5, 0.6) is 0 Å². The normalized spacial score (nSPS) is 63.9. The highest BCUT2D eigenvalue weighted by Crippen LogP contribution is 2.69. The molecule has 4 aliphatic rings. The Morgan fingerprint density at radius 3 is 2.04 bits per heavy atom. The van der Waals surface area contributed by atoms with Crippen LogP contribution in [-0.4, -0.2) is 65.8 Å². The Morgan fingerprint density at radius 2 is 1.42 bits per heavy atom. The van der Waals surface area contributed by atoms with Gasteiger partial charge in [-0.1, -0.05) is 13.8 Å². The van der Waals surface area contributed by atoms with Gasteiger partial charge < -0.3 is 30.6 Å². The number of aliphatic hydroxyl groups excluding tert-OH is 3. The molecule has 0 radical (unpaired) electrons. The van der Waals surface area contributed by atoms with Gasteiger partial charge in [-0.3, -0.25) is 0 Å². The second kappa shape index (κ2) is 5.02. The predicted octanol–water partition coefficient (Wildman–Crippen LogP) is 0.168. The van der Waals surface area contributed by atoms with E-state index in [9.17, 15) is 30.6 Å². The van der Waals surface area contributed by atoms with Crippen LogP contribution in [0.4, 0.5) is 0 Å². The molecule has 4 saturated carbocycles. The minimum absolute atomic E-state index is 0.116. The van der Waals surface area contributed by atoms with E-state index < -0.39 is 51.9 Å². The van der Waals surface area contributed by atoms with E-state index in [0.717, 1.165) is 0 Å². The predicted molar refractivity (Wildman–Crippen MR) is 94.0 cm³/mol. The molecule has 6 heteroatoms. The topological polar surface area (TPSA) is 121 Å². The van der Waals surface area contributed by atoms with Gasteiger partial charge in [-0.05, 0) is 51.9 Å². The van der Waals surface area contributed by atoms with Crippen molar-refractivity contribution in [2.75, 3.05) is 0 Å². The molecule has 2 bridgehead atoms. The third-order valence-electron chi connectivity index (χ3n) is 9.26. The van der Waals surface area contributed by atoms with E-state index in [1.54, 1.807) is 27.7 Å². The van der Waals surface area contributed by atoms with Crippen LogP contribution in [0, 0.1) is 28.6 Å². The van der Waals surface area contributed by atoms with E-state index in [2.05, 4.69) is 0 Å². The fraction of sp³-hybridized carbons (Fsp3) is 1.00. The van der Waals surface area contributed by atoms with E-state index >= 15 is 0 Å². The third kappa shape index (κ3) is 1.89. The Bertz CT molecular complexity index is 615. The van der Waals surface area contributed by atoms with Gasteiger partial charge in [0.25, 0.3) is 0 Å². The zero-order chi connectivity index (χ0) is 19.5. The van der Waals surface area contributed by atoms with Gasteiger partial charge in [0.05, 0.1) is 29.5 Å². The lowest BCUT2D eigenvalue weighted by molar-refractivity contribution is -0.201. The van der Waals surface area contributed by atoms with Crippen LogP contribution in [0.15, 0.2) is 0 Å². The fourth-order valence-corrected chi connectivity index (χ4v) is 7.80. The summed E-state index contributed by atoms with van der Waals surface area (Å²) in [6.07, 6.45) is -1.01. The Hall–Kier alpha value is -0.240. The molecule has 0 heterocycles. The van der Waals surface area contributed by atoms with Crippen LogP contribution < -0.4 is 0 Å². The molecule has 4 fully saturated rings. The summed E-state index contributed by atoms with van der Waals surface area (Å²) in [6, 6.07) is 0. The van der Waals surface area contributed by atoms with Crippen molar-refractivity contribution in [3.8, 4) is 0 Å². The maximum absolute atomic E-state index is 11.7. The van der Waals surface area contributed by atoms with Gasteiger partial charge in [-0.25, -0.2) is 0 Å². The molecule has 0 aliphatic heterocycles. The van der Waals surface area contributed by atoms with Crippen molar-refractivity contribution < 1.29 is 30.6 Å². The van der Waals surface area contributed by atoms with Crippen molar-refractivity contribution in [1.82, 2.24) is 0 Å². The summed E-state index contributed by atoms with van der Waals surface area (Å²) < 4.78 is 0. The van der Waals surface area contributed by atoms with Gasteiger partial charge >= 0.3 is 0 Å². The van der Waals surface area contributed by atoms with Crippen molar-refractivity contribution >= 4 is 0 Å². The lowest BCUT2D eigenvalue weighted by Gasteiger charge is -2.51. The molecule has 6 N–H and O–H groups in total. The minimum atomic E-state index is -1.66. The molecule has 0 saturated heterocycles. The number of hydrogen-bond donors (Lipinski definition) is 6. The van der Waals surface area contributed by atoms with Gasteiger partial charge in [0.1, 0.15) is 5.60 Å². The second-order valence-corrected chi connectivity index (χ2v) is 10.7. The monoisotopic (exact) mass is 370 g/mol. The molecular weight excluding hydrogens is 336 g/mol. The van der Waals surface area contributed by atoms with Crippen molar-refractivity contribution in [3.05, 3.63) is 0 Å². The van der Waals surface area contributed by atoms with E-state index in [-0.39, 0.29) is 24.7 Å². The van der Waals surface area contributed by atoms with Crippen LogP contribution in [0.25, 0.3) is 0 Å². The zero-order valence-electron chi connectivity index (χ0n) is 16.2. The average molecular weight is 370 g/mol. The van der Waals surface area contributed by atoms with E-state index in [0.29, 0.717) is 19.3 Å². The van der Waals surface area contributed by atoms with Crippen LogP contribution in [0.3, 0.4) is 0 Å². The third-order valence-corrected chi connectivity index (χ3v) is 9.26. The van der Waals surface area contributed by atoms with Crippen LogP contribution >= 0.6 is 0 Å². The summed E-state index contributed by atoms with van der Waals surface area (Å²) in [5, 5.41) is 67.1. The highest BCUT2D eigenvalue weighted by molar-refractivity contribution is 5.25. The summed E-state index contributed by atoms with van der Waals surface area (Å²) in [5.41, 5.74) is -5.91. The number of fused-ring (bicyclic) bond motifs is 2. The first-order valence-electron chi connectivity index (χ1n) is 9.94. The smallest absolute Gasteiger partial charge is 0.104 e. The first kappa shape index (κ1) is 19.1. The lowest BCUT2D eigenvalue weighted by Crippen LogP contribution is -2.60. The standard InChI is InChI=1S/C20H34O6/c1-16(2)13(21)7-12-18(4,25)11-6-5-10-15(23)19(11,9-17(10,3)24)8-14(22)20(12,16)26/h10-15,21-26H,5-9H2,1-4H3/t10-,11+,12?,13+,14+,15-,17-,18-,19+,20+/m1/s1. The summed E-state index contributed by atoms with van der Waals surface area (Å²) in [4.78, 5) is 0. The maximum Gasteiger partial charge on any atom is 0.104 e. The Labute approximate surface area is 154 Å². The molecule has 10 atom stereocenters. The quantitative estimate of drug-likeness (QED) is 0.361. The summed E-state index contributed by atoms with van der Waals surface area (Å²) >= 11 is 0. The van der Waals surface area contributed by atoms with Crippen molar-refractivity contribution in [3.63, 3.8) is 0 Å². The molecule has 6 nitrogen and oxygen atoms in total. The molecular formula is C20H34O6. The minimum Gasteiger partial charge on any atom is -0.392 e. The Balaban J connectivity index is 1.89. The Kier molecular flexibility index (Phi) is 3.69. The van der Waals surface area contributed by atoms with Crippen LogP contribution in [-0.2, 0) is 0 Å². The number of hydrogen-bond acceptors (Lipinski definition) is 6. The zero-order valence-corrected chi connectivity index (χ0v) is 16.2. The lowest BCUT2D eigenvalue weighted by atomic mass is 9.57. The average Bonchev–Trinajstić information content (AvgIpc) is 2.72. The Morgan fingerprint density at radius 1 is 0.808 bits per heavy atom. The van der Waals surface area contributed by atoms with Crippen LogP contribution in [0.2, 0.25) is 0 Å². The largest absolute Gasteiger partial charge is 0.392 e.